The molecule has 2 nitrogen and oxygen atoms in total. The van der Waals surface area contributed by atoms with Crippen LogP contribution in [0.5, 0.6) is 0 Å². The topological polar surface area (TPSA) is 25.2 Å². The summed E-state index contributed by atoms with van der Waals surface area (Å²) in [6, 6.07) is 8.81. The van der Waals surface area contributed by atoms with Crippen molar-refractivity contribution in [1.29, 1.82) is 0 Å². The van der Waals surface area contributed by atoms with E-state index >= 15 is 0 Å². The molecule has 1 atom stereocenters. The van der Waals surface area contributed by atoms with Crippen LogP contribution in [0.4, 0.5) is 0 Å². The molecule has 0 saturated carbocycles. The fraction of sp³-hybridized carbons (Fsp3) is 0.429. The molecule has 1 N–H and O–H groups in total. The van der Waals surface area contributed by atoms with Gasteiger partial charge >= 0.3 is 0 Å². The SMILES string of the molecule is CCCC(NCc1ccc(C)o1)c1cccs1. The van der Waals surface area contributed by atoms with Crippen molar-refractivity contribution in [1.82, 2.24) is 5.32 Å². The summed E-state index contributed by atoms with van der Waals surface area (Å²) in [4.78, 5) is 1.41. The Balaban J connectivity index is 1.94. The van der Waals surface area contributed by atoms with Gasteiger partial charge in [-0.15, -0.1) is 11.3 Å². The minimum absolute atomic E-state index is 0.449. The summed E-state index contributed by atoms with van der Waals surface area (Å²) in [5.74, 6) is 1.99. The molecular formula is C14H19NOS. The van der Waals surface area contributed by atoms with E-state index in [1.807, 2.05) is 30.4 Å². The molecule has 0 amide bonds. The number of hydrogen-bond donors (Lipinski definition) is 1. The van der Waals surface area contributed by atoms with Crippen LogP contribution in [0.15, 0.2) is 34.1 Å². The van der Waals surface area contributed by atoms with E-state index in [-0.39, 0.29) is 0 Å². The van der Waals surface area contributed by atoms with Gasteiger partial charge in [0, 0.05) is 10.9 Å². The van der Waals surface area contributed by atoms with E-state index in [9.17, 15) is 0 Å². The molecule has 2 heterocycles. The highest BCUT2D eigenvalue weighted by Crippen LogP contribution is 2.23. The Hall–Kier alpha value is -1.06. The van der Waals surface area contributed by atoms with Crippen LogP contribution in [0, 0.1) is 6.92 Å². The van der Waals surface area contributed by atoms with Gasteiger partial charge in [0.15, 0.2) is 0 Å². The minimum Gasteiger partial charge on any atom is -0.465 e. The first-order valence-electron chi connectivity index (χ1n) is 6.11. The molecule has 0 bridgehead atoms. The lowest BCUT2D eigenvalue weighted by Gasteiger charge is -2.15. The van der Waals surface area contributed by atoms with Crippen LogP contribution in [0.3, 0.4) is 0 Å². The van der Waals surface area contributed by atoms with Crippen LogP contribution in [0.2, 0.25) is 0 Å². The number of rotatable bonds is 6. The zero-order valence-electron chi connectivity index (χ0n) is 10.4. The summed E-state index contributed by atoms with van der Waals surface area (Å²) in [7, 11) is 0. The average molecular weight is 249 g/mol. The third kappa shape index (κ3) is 3.45. The maximum Gasteiger partial charge on any atom is 0.117 e. The van der Waals surface area contributed by atoms with Crippen molar-refractivity contribution in [3.8, 4) is 0 Å². The Morgan fingerprint density at radius 2 is 2.24 bits per heavy atom. The fourth-order valence-corrected chi connectivity index (χ4v) is 2.76. The van der Waals surface area contributed by atoms with Crippen LogP contribution < -0.4 is 5.32 Å². The van der Waals surface area contributed by atoms with Crippen molar-refractivity contribution in [2.45, 2.75) is 39.3 Å². The largest absolute Gasteiger partial charge is 0.465 e. The Bertz CT molecular complexity index is 433. The molecule has 0 aliphatic heterocycles. The van der Waals surface area contributed by atoms with Gasteiger partial charge in [0.1, 0.15) is 11.5 Å². The molecule has 0 fully saturated rings. The van der Waals surface area contributed by atoms with Crippen molar-refractivity contribution >= 4 is 11.3 Å². The molecule has 0 aromatic carbocycles. The molecule has 2 rings (SSSR count). The lowest BCUT2D eigenvalue weighted by Crippen LogP contribution is -2.19. The molecule has 0 aliphatic carbocycles. The van der Waals surface area contributed by atoms with Gasteiger partial charge in [-0.2, -0.15) is 0 Å². The van der Waals surface area contributed by atoms with Crippen molar-refractivity contribution in [2.75, 3.05) is 0 Å². The Labute approximate surface area is 107 Å². The smallest absolute Gasteiger partial charge is 0.117 e. The molecule has 1 unspecified atom stereocenters. The van der Waals surface area contributed by atoms with Crippen LogP contribution in [0.1, 0.15) is 42.2 Å². The normalized spacial score (nSPS) is 12.8. The van der Waals surface area contributed by atoms with Crippen LogP contribution in [-0.2, 0) is 6.54 Å². The molecule has 2 aromatic rings. The minimum atomic E-state index is 0.449. The number of hydrogen-bond acceptors (Lipinski definition) is 3. The van der Waals surface area contributed by atoms with Gasteiger partial charge in [-0.05, 0) is 36.9 Å². The first kappa shape index (κ1) is 12.4. The lowest BCUT2D eigenvalue weighted by atomic mass is 10.1. The van der Waals surface area contributed by atoms with Gasteiger partial charge < -0.3 is 9.73 Å². The highest BCUT2D eigenvalue weighted by Gasteiger charge is 2.11. The first-order valence-corrected chi connectivity index (χ1v) is 6.99. The molecule has 0 aliphatic rings. The van der Waals surface area contributed by atoms with E-state index < -0.39 is 0 Å². The van der Waals surface area contributed by atoms with E-state index in [1.54, 1.807) is 0 Å². The Morgan fingerprint density at radius 3 is 2.82 bits per heavy atom. The van der Waals surface area contributed by atoms with Crippen LogP contribution in [-0.4, -0.2) is 0 Å². The third-order valence-electron chi connectivity index (χ3n) is 2.78. The van der Waals surface area contributed by atoms with Gasteiger partial charge in [0.05, 0.1) is 6.54 Å². The summed E-state index contributed by atoms with van der Waals surface area (Å²) in [5, 5.41) is 5.70. The van der Waals surface area contributed by atoms with Gasteiger partial charge in [-0.1, -0.05) is 19.4 Å². The predicted molar refractivity (Wildman–Crippen MR) is 72.3 cm³/mol. The maximum atomic E-state index is 5.57. The molecule has 92 valence electrons. The van der Waals surface area contributed by atoms with E-state index in [4.69, 9.17) is 4.42 Å². The van der Waals surface area contributed by atoms with Gasteiger partial charge in [-0.3, -0.25) is 0 Å². The standard InChI is InChI=1S/C14H19NOS/c1-3-5-13(14-6-4-9-17-14)15-10-12-8-7-11(2)16-12/h4,6-9,13,15H,3,5,10H2,1-2H3. The highest BCUT2D eigenvalue weighted by atomic mass is 32.1. The molecular weight excluding hydrogens is 230 g/mol. The molecule has 0 saturated heterocycles. The second-order valence-corrected chi connectivity index (χ2v) is 5.23. The van der Waals surface area contributed by atoms with Crippen LogP contribution in [0.25, 0.3) is 0 Å². The number of thiophene rings is 1. The molecule has 2 aromatic heterocycles. The van der Waals surface area contributed by atoms with E-state index in [2.05, 4.69) is 29.8 Å². The number of furan rings is 1. The predicted octanol–water partition coefficient (Wildman–Crippen LogP) is 4.28. The monoisotopic (exact) mass is 249 g/mol. The fourth-order valence-electron chi connectivity index (χ4n) is 1.93. The zero-order valence-corrected chi connectivity index (χ0v) is 11.2. The second kappa shape index (κ2) is 6.03. The lowest BCUT2D eigenvalue weighted by molar-refractivity contribution is 0.426. The molecule has 3 heteroatoms. The van der Waals surface area contributed by atoms with Crippen molar-refractivity contribution in [3.05, 3.63) is 46.0 Å². The average Bonchev–Trinajstić information content (AvgIpc) is 2.95. The van der Waals surface area contributed by atoms with Crippen LogP contribution >= 0.6 is 11.3 Å². The van der Waals surface area contributed by atoms with Gasteiger partial charge in [0.25, 0.3) is 0 Å². The van der Waals surface area contributed by atoms with E-state index in [0.29, 0.717) is 6.04 Å². The third-order valence-corrected chi connectivity index (χ3v) is 3.77. The Kier molecular flexibility index (Phi) is 4.40. The summed E-state index contributed by atoms with van der Waals surface area (Å²) in [6.07, 6.45) is 2.35. The van der Waals surface area contributed by atoms with E-state index in [0.717, 1.165) is 18.1 Å². The highest BCUT2D eigenvalue weighted by molar-refractivity contribution is 7.10. The maximum absolute atomic E-state index is 5.57. The second-order valence-electron chi connectivity index (χ2n) is 4.25. The quantitative estimate of drug-likeness (QED) is 0.826. The summed E-state index contributed by atoms with van der Waals surface area (Å²) < 4.78 is 5.57. The van der Waals surface area contributed by atoms with Crippen molar-refractivity contribution < 1.29 is 4.42 Å². The first-order chi connectivity index (χ1) is 8.29. The van der Waals surface area contributed by atoms with E-state index in [1.165, 1.54) is 17.7 Å². The number of nitrogens with one attached hydrogen (secondary N) is 1. The summed E-state index contributed by atoms with van der Waals surface area (Å²) >= 11 is 1.82. The summed E-state index contributed by atoms with van der Waals surface area (Å²) in [5.41, 5.74) is 0. The summed E-state index contributed by atoms with van der Waals surface area (Å²) in [6.45, 7) is 5.00. The van der Waals surface area contributed by atoms with Crippen molar-refractivity contribution in [2.24, 2.45) is 0 Å². The Morgan fingerprint density at radius 1 is 1.35 bits per heavy atom. The number of aryl methyl sites for hydroxylation is 1. The van der Waals surface area contributed by atoms with Gasteiger partial charge in [-0.25, -0.2) is 0 Å². The van der Waals surface area contributed by atoms with Gasteiger partial charge in [0.2, 0.25) is 0 Å². The zero-order chi connectivity index (χ0) is 12.1. The van der Waals surface area contributed by atoms with Crippen molar-refractivity contribution in [3.63, 3.8) is 0 Å². The molecule has 0 spiro atoms. The molecule has 0 radical (unpaired) electrons. The molecule has 17 heavy (non-hydrogen) atoms.